The molecule has 0 amide bonds. The molecule has 3 rings (SSSR count). The number of ketones is 1. The van der Waals surface area contributed by atoms with Gasteiger partial charge < -0.3 is 5.11 Å². The van der Waals surface area contributed by atoms with E-state index in [0.29, 0.717) is 23.4 Å². The fourth-order valence-electron chi connectivity index (χ4n) is 3.63. The van der Waals surface area contributed by atoms with E-state index in [1.54, 1.807) is 0 Å². The summed E-state index contributed by atoms with van der Waals surface area (Å²) in [4.78, 5) is 12.6. The normalized spacial score (nSPS) is 32.6. The molecule has 5 heteroatoms. The summed E-state index contributed by atoms with van der Waals surface area (Å²) in [7, 11) is 0. The highest BCUT2D eigenvalue weighted by atomic mass is 35.5. The molecule has 1 aromatic rings. The van der Waals surface area contributed by atoms with Crippen molar-refractivity contribution in [3.63, 3.8) is 0 Å². The number of aliphatic hydroxyl groups is 1. The minimum atomic E-state index is 0.0127. The zero-order valence-electron chi connectivity index (χ0n) is 12.8. The lowest BCUT2D eigenvalue weighted by Crippen LogP contribution is -2.32. The number of halogens is 1. The molecule has 3 unspecified atom stereocenters. The van der Waals surface area contributed by atoms with Crippen LogP contribution in [0.4, 0.5) is 0 Å². The zero-order chi connectivity index (χ0) is 15.9. The van der Waals surface area contributed by atoms with E-state index in [4.69, 9.17) is 11.6 Å². The second kappa shape index (κ2) is 6.03. The number of carbonyl (C=O) groups is 1. The van der Waals surface area contributed by atoms with Gasteiger partial charge in [-0.25, -0.2) is 0 Å². The smallest absolute Gasteiger partial charge is 0.163 e. The number of Topliss-reactive ketones (excluding diaryl/α,β-unsaturated/α-hetero) is 1. The molecule has 4 nitrogen and oxygen atoms in total. The number of hydrazine groups is 1. The molecule has 0 aromatic heterocycles. The van der Waals surface area contributed by atoms with Gasteiger partial charge in [0.1, 0.15) is 0 Å². The average molecular weight is 321 g/mol. The van der Waals surface area contributed by atoms with Crippen molar-refractivity contribution in [3.8, 4) is 0 Å². The Morgan fingerprint density at radius 2 is 1.68 bits per heavy atom. The molecule has 118 valence electrons. The van der Waals surface area contributed by atoms with E-state index in [1.807, 2.05) is 38.1 Å². The fraction of sp³-hybridized carbons (Fsp3) is 0.471. The predicted octanol–water partition coefficient (Wildman–Crippen LogP) is 3.10. The van der Waals surface area contributed by atoms with Crippen LogP contribution in [0, 0.1) is 5.92 Å². The fourth-order valence-corrected chi connectivity index (χ4v) is 3.76. The van der Waals surface area contributed by atoms with Gasteiger partial charge in [-0.1, -0.05) is 23.7 Å². The molecule has 1 aliphatic heterocycles. The van der Waals surface area contributed by atoms with Gasteiger partial charge in [-0.15, -0.1) is 0 Å². The van der Waals surface area contributed by atoms with Crippen molar-refractivity contribution in [3.05, 3.63) is 46.2 Å². The molecule has 0 spiro atoms. The van der Waals surface area contributed by atoms with Crippen molar-refractivity contribution in [2.24, 2.45) is 5.92 Å². The Balaban J connectivity index is 1.87. The highest BCUT2D eigenvalue weighted by molar-refractivity contribution is 6.30. The van der Waals surface area contributed by atoms with Crippen molar-refractivity contribution in [1.82, 2.24) is 10.9 Å². The first-order valence-electron chi connectivity index (χ1n) is 7.69. The van der Waals surface area contributed by atoms with Crippen LogP contribution in [0.5, 0.6) is 0 Å². The van der Waals surface area contributed by atoms with Gasteiger partial charge in [0.2, 0.25) is 0 Å². The maximum atomic E-state index is 12.6. The standard InChI is InChI=1S/C17H21ClN2O2/c1-9-16(10(2)20-19-9)17-14(21)7-12(8-15(17)22)11-3-5-13(18)6-4-11/h3-6,9-10,12,16,19-21H,7-8H2,1-2H3. The van der Waals surface area contributed by atoms with E-state index >= 15 is 0 Å². The van der Waals surface area contributed by atoms with Gasteiger partial charge in [0.15, 0.2) is 5.78 Å². The molecule has 0 bridgehead atoms. The van der Waals surface area contributed by atoms with E-state index in [1.165, 1.54) is 0 Å². The minimum Gasteiger partial charge on any atom is -0.512 e. The first-order chi connectivity index (χ1) is 10.5. The number of rotatable bonds is 2. The number of allylic oxidation sites excluding steroid dienone is 1. The first kappa shape index (κ1) is 15.5. The van der Waals surface area contributed by atoms with Gasteiger partial charge in [0.25, 0.3) is 0 Å². The average Bonchev–Trinajstić information content (AvgIpc) is 2.79. The molecule has 1 saturated heterocycles. The third kappa shape index (κ3) is 2.78. The summed E-state index contributed by atoms with van der Waals surface area (Å²) in [5, 5.41) is 11.2. The van der Waals surface area contributed by atoms with Gasteiger partial charge in [-0.05, 0) is 37.5 Å². The van der Waals surface area contributed by atoms with Crippen LogP contribution >= 0.6 is 11.6 Å². The molecule has 2 aliphatic rings. The van der Waals surface area contributed by atoms with Crippen LogP contribution < -0.4 is 10.9 Å². The number of carbonyl (C=O) groups excluding carboxylic acids is 1. The Labute approximate surface area is 135 Å². The molecule has 22 heavy (non-hydrogen) atoms. The van der Waals surface area contributed by atoms with Crippen LogP contribution in [0.1, 0.15) is 38.2 Å². The number of aliphatic hydroxyl groups excluding tert-OH is 1. The lowest BCUT2D eigenvalue weighted by atomic mass is 9.75. The summed E-state index contributed by atoms with van der Waals surface area (Å²) in [5.74, 6) is 0.336. The number of hydrogen-bond donors (Lipinski definition) is 3. The largest absolute Gasteiger partial charge is 0.512 e. The SMILES string of the molecule is CC1NNC(C)C1C1=C(O)CC(c2ccc(Cl)cc2)CC1=O. The van der Waals surface area contributed by atoms with Crippen molar-refractivity contribution in [2.45, 2.75) is 44.7 Å². The Morgan fingerprint density at radius 3 is 2.23 bits per heavy atom. The van der Waals surface area contributed by atoms with Gasteiger partial charge in [-0.3, -0.25) is 15.6 Å². The summed E-state index contributed by atoms with van der Waals surface area (Å²) >= 11 is 5.91. The van der Waals surface area contributed by atoms with Crippen LogP contribution in [0.2, 0.25) is 5.02 Å². The van der Waals surface area contributed by atoms with E-state index in [9.17, 15) is 9.90 Å². The quantitative estimate of drug-likeness (QED) is 0.783. The van der Waals surface area contributed by atoms with Crippen molar-refractivity contribution < 1.29 is 9.90 Å². The van der Waals surface area contributed by atoms with E-state index < -0.39 is 0 Å². The second-order valence-corrected chi connectivity index (χ2v) is 6.77. The van der Waals surface area contributed by atoms with Crippen molar-refractivity contribution in [1.29, 1.82) is 0 Å². The Hall–Kier alpha value is -1.36. The monoisotopic (exact) mass is 320 g/mol. The molecule has 1 heterocycles. The number of nitrogens with one attached hydrogen (secondary N) is 2. The number of hydrogen-bond acceptors (Lipinski definition) is 4. The van der Waals surface area contributed by atoms with E-state index in [2.05, 4.69) is 10.9 Å². The lowest BCUT2D eigenvalue weighted by Gasteiger charge is -2.29. The maximum Gasteiger partial charge on any atom is 0.163 e. The molecule has 1 aliphatic carbocycles. The maximum absolute atomic E-state index is 12.6. The molecular formula is C17H21ClN2O2. The summed E-state index contributed by atoms with van der Waals surface area (Å²) in [6.07, 6.45) is 0.954. The predicted molar refractivity (Wildman–Crippen MR) is 86.8 cm³/mol. The summed E-state index contributed by atoms with van der Waals surface area (Å²) in [6.45, 7) is 4.06. The van der Waals surface area contributed by atoms with E-state index in [-0.39, 0.29) is 35.5 Å². The molecular weight excluding hydrogens is 300 g/mol. The van der Waals surface area contributed by atoms with Crippen LogP contribution in [0.3, 0.4) is 0 Å². The molecule has 1 aromatic carbocycles. The van der Waals surface area contributed by atoms with Gasteiger partial charge in [0.05, 0.1) is 5.76 Å². The Kier molecular flexibility index (Phi) is 4.26. The van der Waals surface area contributed by atoms with E-state index in [0.717, 1.165) is 5.56 Å². The first-order valence-corrected chi connectivity index (χ1v) is 8.07. The highest BCUT2D eigenvalue weighted by Crippen LogP contribution is 2.38. The van der Waals surface area contributed by atoms with Crippen molar-refractivity contribution >= 4 is 17.4 Å². The van der Waals surface area contributed by atoms with Crippen LogP contribution in [-0.4, -0.2) is 23.0 Å². The third-order valence-electron chi connectivity index (χ3n) is 4.77. The van der Waals surface area contributed by atoms with Gasteiger partial charge >= 0.3 is 0 Å². The molecule has 0 radical (unpaired) electrons. The van der Waals surface area contributed by atoms with Crippen molar-refractivity contribution in [2.75, 3.05) is 0 Å². The van der Waals surface area contributed by atoms with Crippen LogP contribution in [-0.2, 0) is 4.79 Å². The summed E-state index contributed by atoms with van der Waals surface area (Å²) < 4.78 is 0. The Bertz CT molecular complexity index is 602. The molecule has 3 N–H and O–H groups in total. The highest BCUT2D eigenvalue weighted by Gasteiger charge is 2.40. The van der Waals surface area contributed by atoms with Gasteiger partial charge in [-0.2, -0.15) is 0 Å². The minimum absolute atomic E-state index is 0.0127. The third-order valence-corrected chi connectivity index (χ3v) is 5.03. The number of benzene rings is 1. The summed E-state index contributed by atoms with van der Waals surface area (Å²) in [6, 6.07) is 7.77. The topological polar surface area (TPSA) is 61.4 Å². The Morgan fingerprint density at radius 1 is 1.09 bits per heavy atom. The zero-order valence-corrected chi connectivity index (χ0v) is 13.5. The molecule has 1 fully saturated rings. The second-order valence-electron chi connectivity index (χ2n) is 6.33. The summed E-state index contributed by atoms with van der Waals surface area (Å²) in [5.41, 5.74) is 7.94. The van der Waals surface area contributed by atoms with Gasteiger partial charge in [0, 0.05) is 41.4 Å². The molecule has 3 atom stereocenters. The van der Waals surface area contributed by atoms with Crippen LogP contribution in [0.15, 0.2) is 35.6 Å². The molecule has 0 saturated carbocycles. The van der Waals surface area contributed by atoms with Crippen LogP contribution in [0.25, 0.3) is 0 Å². The lowest BCUT2D eigenvalue weighted by molar-refractivity contribution is -0.117.